The standard InChI is InChI=1S/C15H16N2O/c1-9(2)11-5-4-6-13-14(11)17-10(3)12(7-8-16)15(13)18/h4-6,9H,7H2,1-3H3,(H,17,18). The van der Waals surface area contributed by atoms with Gasteiger partial charge in [-0.15, -0.1) is 0 Å². The molecule has 0 fully saturated rings. The first-order chi connectivity index (χ1) is 8.56. The van der Waals surface area contributed by atoms with Crippen molar-refractivity contribution in [3.05, 3.63) is 45.2 Å². The highest BCUT2D eigenvalue weighted by atomic mass is 16.1. The summed E-state index contributed by atoms with van der Waals surface area (Å²) in [7, 11) is 0. The molecule has 1 aromatic heterocycles. The van der Waals surface area contributed by atoms with E-state index >= 15 is 0 Å². The average Bonchev–Trinajstić information content (AvgIpc) is 2.33. The van der Waals surface area contributed by atoms with Crippen molar-refractivity contribution in [3.63, 3.8) is 0 Å². The summed E-state index contributed by atoms with van der Waals surface area (Å²) in [5, 5.41) is 9.46. The van der Waals surface area contributed by atoms with Gasteiger partial charge in [0.05, 0.1) is 18.0 Å². The molecule has 0 saturated heterocycles. The van der Waals surface area contributed by atoms with Gasteiger partial charge < -0.3 is 4.98 Å². The summed E-state index contributed by atoms with van der Waals surface area (Å²) in [6.07, 6.45) is 0.156. The molecule has 0 radical (unpaired) electrons. The summed E-state index contributed by atoms with van der Waals surface area (Å²) in [4.78, 5) is 15.6. The predicted octanol–water partition coefficient (Wildman–Crippen LogP) is 3.03. The normalized spacial score (nSPS) is 10.8. The van der Waals surface area contributed by atoms with Crippen molar-refractivity contribution in [1.82, 2.24) is 4.98 Å². The molecule has 3 nitrogen and oxygen atoms in total. The molecule has 2 rings (SSSR count). The summed E-state index contributed by atoms with van der Waals surface area (Å²) >= 11 is 0. The van der Waals surface area contributed by atoms with Crippen LogP contribution in [0.4, 0.5) is 0 Å². The van der Waals surface area contributed by atoms with Gasteiger partial charge in [-0.1, -0.05) is 26.0 Å². The summed E-state index contributed by atoms with van der Waals surface area (Å²) in [6, 6.07) is 7.80. The Kier molecular flexibility index (Phi) is 3.20. The molecule has 0 aliphatic rings. The lowest BCUT2D eigenvalue weighted by atomic mass is 9.97. The number of para-hydroxylation sites is 1. The SMILES string of the molecule is Cc1[nH]c2c(C(C)C)cccc2c(=O)c1CC#N. The van der Waals surface area contributed by atoms with E-state index in [-0.39, 0.29) is 11.8 Å². The molecular formula is C15H16N2O. The fraction of sp³-hybridized carbons (Fsp3) is 0.333. The van der Waals surface area contributed by atoms with E-state index in [1.807, 2.05) is 31.2 Å². The van der Waals surface area contributed by atoms with Crippen LogP contribution in [0.2, 0.25) is 0 Å². The number of nitrogens with one attached hydrogen (secondary N) is 1. The molecule has 0 unspecified atom stereocenters. The highest BCUT2D eigenvalue weighted by Gasteiger charge is 2.12. The van der Waals surface area contributed by atoms with Crippen LogP contribution in [0.5, 0.6) is 0 Å². The van der Waals surface area contributed by atoms with E-state index < -0.39 is 0 Å². The highest BCUT2D eigenvalue weighted by Crippen LogP contribution is 2.23. The second kappa shape index (κ2) is 4.66. The fourth-order valence-electron chi connectivity index (χ4n) is 2.27. The van der Waals surface area contributed by atoms with E-state index in [2.05, 4.69) is 18.8 Å². The third kappa shape index (κ3) is 1.91. The van der Waals surface area contributed by atoms with E-state index in [1.54, 1.807) is 0 Å². The summed E-state index contributed by atoms with van der Waals surface area (Å²) in [6.45, 7) is 6.06. The van der Waals surface area contributed by atoms with Crippen LogP contribution in [0.3, 0.4) is 0 Å². The van der Waals surface area contributed by atoms with Crippen LogP contribution in [0.1, 0.15) is 36.6 Å². The molecule has 0 atom stereocenters. The van der Waals surface area contributed by atoms with Crippen LogP contribution < -0.4 is 5.43 Å². The Hall–Kier alpha value is -2.08. The minimum absolute atomic E-state index is 0.0229. The van der Waals surface area contributed by atoms with Crippen molar-refractivity contribution in [1.29, 1.82) is 5.26 Å². The van der Waals surface area contributed by atoms with E-state index in [0.717, 1.165) is 16.8 Å². The molecule has 18 heavy (non-hydrogen) atoms. The smallest absolute Gasteiger partial charge is 0.193 e. The van der Waals surface area contributed by atoms with E-state index in [1.165, 1.54) is 0 Å². The lowest BCUT2D eigenvalue weighted by Crippen LogP contribution is -2.13. The Labute approximate surface area is 106 Å². The number of pyridine rings is 1. The van der Waals surface area contributed by atoms with Crippen LogP contribution in [-0.2, 0) is 6.42 Å². The zero-order valence-electron chi connectivity index (χ0n) is 10.9. The molecule has 0 spiro atoms. The number of nitriles is 1. The maximum absolute atomic E-state index is 12.3. The Morgan fingerprint density at radius 2 is 2.11 bits per heavy atom. The van der Waals surface area contributed by atoms with E-state index in [9.17, 15) is 4.79 Å². The Balaban J connectivity index is 2.87. The van der Waals surface area contributed by atoms with Crippen molar-refractivity contribution in [2.24, 2.45) is 0 Å². The highest BCUT2D eigenvalue weighted by molar-refractivity contribution is 5.83. The topological polar surface area (TPSA) is 56.6 Å². The average molecular weight is 240 g/mol. The Bertz CT molecular complexity index is 690. The first-order valence-electron chi connectivity index (χ1n) is 6.07. The third-order valence-corrected chi connectivity index (χ3v) is 3.26. The molecule has 1 heterocycles. The molecule has 0 amide bonds. The van der Waals surface area contributed by atoms with Crippen LogP contribution in [0.25, 0.3) is 10.9 Å². The molecule has 2 aromatic rings. The third-order valence-electron chi connectivity index (χ3n) is 3.26. The second-order valence-corrected chi connectivity index (χ2v) is 4.82. The monoisotopic (exact) mass is 240 g/mol. The zero-order chi connectivity index (χ0) is 13.3. The fourth-order valence-corrected chi connectivity index (χ4v) is 2.27. The molecular weight excluding hydrogens is 224 g/mol. The van der Waals surface area contributed by atoms with Gasteiger partial charge in [0, 0.05) is 16.6 Å². The van der Waals surface area contributed by atoms with Gasteiger partial charge in [0.15, 0.2) is 5.43 Å². The number of hydrogen-bond donors (Lipinski definition) is 1. The lowest BCUT2D eigenvalue weighted by Gasteiger charge is -2.12. The lowest BCUT2D eigenvalue weighted by molar-refractivity contribution is 0.871. The predicted molar refractivity (Wildman–Crippen MR) is 72.7 cm³/mol. The minimum Gasteiger partial charge on any atom is -0.358 e. The van der Waals surface area contributed by atoms with Gasteiger partial charge in [0.25, 0.3) is 0 Å². The van der Waals surface area contributed by atoms with Gasteiger partial charge in [-0.25, -0.2) is 0 Å². The molecule has 3 heteroatoms. The van der Waals surface area contributed by atoms with Crippen molar-refractivity contribution in [2.45, 2.75) is 33.1 Å². The zero-order valence-corrected chi connectivity index (χ0v) is 10.9. The molecule has 1 N–H and O–H groups in total. The minimum atomic E-state index is -0.0229. The van der Waals surface area contributed by atoms with Crippen LogP contribution in [-0.4, -0.2) is 4.98 Å². The van der Waals surface area contributed by atoms with Crippen molar-refractivity contribution in [3.8, 4) is 6.07 Å². The van der Waals surface area contributed by atoms with Crippen LogP contribution in [0, 0.1) is 18.3 Å². The number of aromatic nitrogens is 1. The van der Waals surface area contributed by atoms with Crippen molar-refractivity contribution >= 4 is 10.9 Å². The van der Waals surface area contributed by atoms with Gasteiger partial charge in [-0.2, -0.15) is 5.26 Å². The summed E-state index contributed by atoms with van der Waals surface area (Å²) < 4.78 is 0. The number of H-pyrrole nitrogens is 1. The van der Waals surface area contributed by atoms with Gasteiger partial charge in [0.2, 0.25) is 0 Å². The second-order valence-electron chi connectivity index (χ2n) is 4.82. The number of benzene rings is 1. The number of hydrogen-bond acceptors (Lipinski definition) is 2. The van der Waals surface area contributed by atoms with Gasteiger partial charge >= 0.3 is 0 Å². The van der Waals surface area contributed by atoms with Gasteiger partial charge in [-0.3, -0.25) is 4.79 Å². The first kappa shape index (κ1) is 12.4. The maximum Gasteiger partial charge on any atom is 0.193 e. The molecule has 0 aliphatic carbocycles. The van der Waals surface area contributed by atoms with Crippen LogP contribution in [0.15, 0.2) is 23.0 Å². The Morgan fingerprint density at radius 1 is 1.39 bits per heavy atom. The summed E-state index contributed by atoms with van der Waals surface area (Å²) in [5.74, 6) is 0.352. The summed E-state index contributed by atoms with van der Waals surface area (Å²) in [5.41, 5.74) is 3.38. The first-order valence-corrected chi connectivity index (χ1v) is 6.07. The number of nitrogens with zero attached hydrogens (tertiary/aromatic N) is 1. The molecule has 0 aliphatic heterocycles. The number of fused-ring (bicyclic) bond motifs is 1. The molecule has 0 bridgehead atoms. The van der Waals surface area contributed by atoms with Crippen molar-refractivity contribution in [2.75, 3.05) is 0 Å². The molecule has 1 aromatic carbocycles. The van der Waals surface area contributed by atoms with Crippen molar-refractivity contribution < 1.29 is 0 Å². The quantitative estimate of drug-likeness (QED) is 0.877. The number of rotatable bonds is 2. The maximum atomic E-state index is 12.3. The van der Waals surface area contributed by atoms with E-state index in [4.69, 9.17) is 5.26 Å². The number of aromatic amines is 1. The van der Waals surface area contributed by atoms with E-state index in [0.29, 0.717) is 16.9 Å². The molecule has 0 saturated carbocycles. The largest absolute Gasteiger partial charge is 0.358 e. The number of aryl methyl sites for hydroxylation is 1. The van der Waals surface area contributed by atoms with Crippen LogP contribution >= 0.6 is 0 Å². The van der Waals surface area contributed by atoms with Gasteiger partial charge in [0.1, 0.15) is 0 Å². The Morgan fingerprint density at radius 3 is 2.72 bits per heavy atom. The van der Waals surface area contributed by atoms with Gasteiger partial charge in [-0.05, 0) is 24.5 Å². The molecule has 92 valence electrons.